The van der Waals surface area contributed by atoms with Crippen LogP contribution in [-0.2, 0) is 20.7 Å². The fourth-order valence-electron chi connectivity index (χ4n) is 3.74. The summed E-state index contributed by atoms with van der Waals surface area (Å²) < 4.78 is 5.39. The summed E-state index contributed by atoms with van der Waals surface area (Å²) in [5.41, 5.74) is -0.146. The number of phenols is 1. The first-order chi connectivity index (χ1) is 17.2. The molecule has 4 N–H and O–H groups in total. The molecule has 0 fully saturated rings. The number of hydrogen-bond donors (Lipinski definition) is 4. The Bertz CT molecular complexity index is 1040. The number of nitrogens with zero attached hydrogens (tertiary/aromatic N) is 1. The van der Waals surface area contributed by atoms with Crippen LogP contribution in [0.15, 0.2) is 54.6 Å². The summed E-state index contributed by atoms with van der Waals surface area (Å²) in [4.78, 5) is 41.4. The minimum absolute atomic E-state index is 0.00677. The molecule has 2 unspecified atom stereocenters. The summed E-state index contributed by atoms with van der Waals surface area (Å²) >= 11 is 0. The van der Waals surface area contributed by atoms with Crippen molar-refractivity contribution in [3.63, 3.8) is 0 Å². The number of hydrogen-bond acceptors (Lipinski definition) is 6. The van der Waals surface area contributed by atoms with E-state index in [2.05, 4.69) is 10.6 Å². The number of aromatic hydroxyl groups is 1. The summed E-state index contributed by atoms with van der Waals surface area (Å²) in [6.07, 6.45) is -0.629. The molecule has 2 atom stereocenters. The Hall–Kier alpha value is -3.59. The average molecular weight is 514 g/mol. The van der Waals surface area contributed by atoms with Gasteiger partial charge in [-0.2, -0.15) is 0 Å². The minimum Gasteiger partial charge on any atom is -0.508 e. The lowest BCUT2D eigenvalue weighted by Crippen LogP contribution is -2.55. The summed E-state index contributed by atoms with van der Waals surface area (Å²) in [5, 5.41) is 25.2. The van der Waals surface area contributed by atoms with Gasteiger partial charge >= 0.3 is 6.09 Å². The molecule has 2 rings (SSSR count). The van der Waals surface area contributed by atoms with Crippen molar-refractivity contribution in [3.05, 3.63) is 65.7 Å². The lowest BCUT2D eigenvalue weighted by atomic mass is 9.99. The Kier molecular flexibility index (Phi) is 10.1. The predicted molar refractivity (Wildman–Crippen MR) is 141 cm³/mol. The van der Waals surface area contributed by atoms with Gasteiger partial charge in [-0.25, -0.2) is 4.79 Å². The third-order valence-corrected chi connectivity index (χ3v) is 5.16. The highest BCUT2D eigenvalue weighted by Gasteiger charge is 2.37. The van der Waals surface area contributed by atoms with Gasteiger partial charge in [0, 0.05) is 18.5 Å². The summed E-state index contributed by atoms with van der Waals surface area (Å²) in [6.45, 7) is 10.0. The van der Waals surface area contributed by atoms with Gasteiger partial charge in [0.05, 0.1) is 6.61 Å². The highest BCUT2D eigenvalue weighted by molar-refractivity contribution is 5.92. The molecule has 9 heteroatoms. The van der Waals surface area contributed by atoms with Crippen molar-refractivity contribution in [3.8, 4) is 5.75 Å². The summed E-state index contributed by atoms with van der Waals surface area (Å²) in [6, 6.07) is 12.9. The number of carbonyl (C=O) groups is 3. The van der Waals surface area contributed by atoms with Crippen LogP contribution in [-0.4, -0.2) is 63.4 Å². The maximum Gasteiger partial charge on any atom is 0.408 e. The Morgan fingerprint density at radius 1 is 0.946 bits per heavy atom. The van der Waals surface area contributed by atoms with Gasteiger partial charge in [0.2, 0.25) is 11.8 Å². The first-order valence-corrected chi connectivity index (χ1v) is 12.3. The van der Waals surface area contributed by atoms with Crippen LogP contribution in [0.5, 0.6) is 5.75 Å². The van der Waals surface area contributed by atoms with Crippen LogP contribution in [0.1, 0.15) is 58.7 Å². The number of nitrogens with one attached hydrogen (secondary N) is 2. The molecule has 0 aliphatic rings. The second-order valence-corrected chi connectivity index (χ2v) is 10.9. The van der Waals surface area contributed by atoms with E-state index in [-0.39, 0.29) is 18.7 Å². The van der Waals surface area contributed by atoms with Gasteiger partial charge in [-0.1, -0.05) is 42.5 Å². The number of rotatable bonds is 9. The van der Waals surface area contributed by atoms with Crippen LogP contribution in [0.4, 0.5) is 4.79 Å². The zero-order valence-corrected chi connectivity index (χ0v) is 22.4. The monoisotopic (exact) mass is 513 g/mol. The SMILES string of the molecule is CC(C)(C)NC(=O)C(c1ccc(O)cc1)N(CCO)C(=O)C(Cc1ccccc1)NC(=O)OC(C)(C)C. The zero-order chi connectivity index (χ0) is 27.8. The summed E-state index contributed by atoms with van der Waals surface area (Å²) in [7, 11) is 0. The van der Waals surface area contributed by atoms with Crippen molar-refractivity contribution in [2.45, 2.75) is 71.2 Å². The van der Waals surface area contributed by atoms with Crippen molar-refractivity contribution in [1.29, 1.82) is 0 Å². The highest BCUT2D eigenvalue weighted by Crippen LogP contribution is 2.26. The van der Waals surface area contributed by atoms with E-state index in [0.29, 0.717) is 5.56 Å². The number of carbonyl (C=O) groups excluding carboxylic acids is 3. The quantitative estimate of drug-likeness (QED) is 0.407. The van der Waals surface area contributed by atoms with Crippen molar-refractivity contribution >= 4 is 17.9 Å². The number of aliphatic hydroxyl groups excluding tert-OH is 1. The van der Waals surface area contributed by atoms with Gasteiger partial charge in [-0.3, -0.25) is 9.59 Å². The largest absolute Gasteiger partial charge is 0.508 e. The van der Waals surface area contributed by atoms with Gasteiger partial charge in [-0.05, 0) is 64.8 Å². The fourth-order valence-corrected chi connectivity index (χ4v) is 3.74. The third kappa shape index (κ3) is 9.76. The van der Waals surface area contributed by atoms with Gasteiger partial charge in [-0.15, -0.1) is 0 Å². The van der Waals surface area contributed by atoms with Gasteiger partial charge in [0.25, 0.3) is 0 Å². The Morgan fingerprint density at radius 3 is 2.05 bits per heavy atom. The van der Waals surface area contributed by atoms with E-state index in [4.69, 9.17) is 4.74 Å². The molecule has 3 amide bonds. The van der Waals surface area contributed by atoms with Crippen LogP contribution in [0.3, 0.4) is 0 Å². The lowest BCUT2D eigenvalue weighted by Gasteiger charge is -2.35. The highest BCUT2D eigenvalue weighted by atomic mass is 16.6. The van der Waals surface area contributed by atoms with Gasteiger partial charge < -0.3 is 30.5 Å². The smallest absolute Gasteiger partial charge is 0.408 e. The molecule has 0 saturated heterocycles. The van der Waals surface area contributed by atoms with Crippen molar-refractivity contribution in [2.24, 2.45) is 0 Å². The van der Waals surface area contributed by atoms with Crippen LogP contribution in [0.2, 0.25) is 0 Å². The minimum atomic E-state index is -1.13. The van der Waals surface area contributed by atoms with Crippen LogP contribution in [0.25, 0.3) is 0 Å². The van der Waals surface area contributed by atoms with Gasteiger partial charge in [0.15, 0.2) is 0 Å². The van der Waals surface area contributed by atoms with E-state index < -0.39 is 47.7 Å². The second-order valence-electron chi connectivity index (χ2n) is 10.9. The molecule has 2 aromatic carbocycles. The average Bonchev–Trinajstić information content (AvgIpc) is 2.77. The second kappa shape index (κ2) is 12.6. The Balaban J connectivity index is 2.51. The molecular formula is C28H39N3O6. The van der Waals surface area contributed by atoms with E-state index >= 15 is 0 Å². The van der Waals surface area contributed by atoms with Crippen molar-refractivity contribution in [2.75, 3.05) is 13.2 Å². The van der Waals surface area contributed by atoms with E-state index in [1.165, 1.54) is 17.0 Å². The molecule has 0 aliphatic carbocycles. The predicted octanol–water partition coefficient (Wildman–Crippen LogP) is 3.30. The van der Waals surface area contributed by atoms with E-state index in [1.807, 2.05) is 51.1 Å². The number of benzene rings is 2. The maximum atomic E-state index is 14.0. The van der Waals surface area contributed by atoms with Crippen LogP contribution < -0.4 is 10.6 Å². The number of ether oxygens (including phenoxy) is 1. The molecule has 0 bridgehead atoms. The first-order valence-electron chi connectivity index (χ1n) is 12.3. The molecule has 0 aromatic heterocycles. The number of aliphatic hydroxyl groups is 1. The van der Waals surface area contributed by atoms with Crippen molar-refractivity contribution in [1.82, 2.24) is 15.5 Å². The van der Waals surface area contributed by atoms with Crippen LogP contribution >= 0.6 is 0 Å². The summed E-state index contributed by atoms with van der Waals surface area (Å²) in [5.74, 6) is -1.02. The Labute approximate surface area is 218 Å². The fraction of sp³-hybridized carbons (Fsp3) is 0.464. The molecule has 0 heterocycles. The zero-order valence-electron chi connectivity index (χ0n) is 22.4. The third-order valence-electron chi connectivity index (χ3n) is 5.16. The van der Waals surface area contributed by atoms with E-state index in [9.17, 15) is 24.6 Å². The maximum absolute atomic E-state index is 14.0. The molecule has 0 aliphatic heterocycles. The molecule has 37 heavy (non-hydrogen) atoms. The standard InChI is InChI=1S/C28H39N3O6/c1-27(2,3)30-24(34)23(20-12-14-21(33)15-13-20)31(16-17-32)25(35)22(18-19-10-8-7-9-11-19)29-26(36)37-28(4,5)6/h7-15,22-23,32-33H,16-18H2,1-6H3,(H,29,36)(H,30,34). The van der Waals surface area contributed by atoms with E-state index in [1.54, 1.807) is 32.9 Å². The normalized spacial score (nSPS) is 13.3. The topological polar surface area (TPSA) is 128 Å². The molecular weight excluding hydrogens is 474 g/mol. The number of phenolic OH excluding ortho intramolecular Hbond substituents is 1. The van der Waals surface area contributed by atoms with E-state index in [0.717, 1.165) is 5.56 Å². The number of amides is 3. The van der Waals surface area contributed by atoms with Crippen molar-refractivity contribution < 1.29 is 29.3 Å². The lowest BCUT2D eigenvalue weighted by molar-refractivity contribution is -0.143. The molecule has 9 nitrogen and oxygen atoms in total. The molecule has 2 aromatic rings. The Morgan fingerprint density at radius 2 is 1.54 bits per heavy atom. The molecule has 0 saturated carbocycles. The molecule has 0 radical (unpaired) electrons. The van der Waals surface area contributed by atoms with Gasteiger partial charge in [0.1, 0.15) is 23.4 Å². The molecule has 0 spiro atoms. The first kappa shape index (κ1) is 29.6. The number of alkyl carbamates (subject to hydrolysis) is 1. The van der Waals surface area contributed by atoms with Crippen LogP contribution in [0, 0.1) is 0 Å². The molecule has 202 valence electrons.